The van der Waals surface area contributed by atoms with Crippen LogP contribution in [-0.4, -0.2) is 74.3 Å². The summed E-state index contributed by atoms with van der Waals surface area (Å²) in [6.45, 7) is 5.24. The van der Waals surface area contributed by atoms with Crippen LogP contribution in [0.25, 0.3) is 22.6 Å². The number of nitrogens with one attached hydrogen (secondary N) is 1. The zero-order valence-electron chi connectivity index (χ0n) is 24.7. The number of alkyl halides is 6. The van der Waals surface area contributed by atoms with E-state index >= 15 is 0 Å². The van der Waals surface area contributed by atoms with Gasteiger partial charge in [0, 0.05) is 30.6 Å². The molecule has 1 saturated heterocycles. The second kappa shape index (κ2) is 12.1. The van der Waals surface area contributed by atoms with E-state index in [2.05, 4.69) is 15.2 Å². The molecule has 3 N–H and O–H groups in total. The van der Waals surface area contributed by atoms with Crippen molar-refractivity contribution in [3.63, 3.8) is 0 Å². The first-order valence-corrected chi connectivity index (χ1v) is 14.8. The third-order valence-corrected chi connectivity index (χ3v) is 8.29. The van der Waals surface area contributed by atoms with E-state index in [0.29, 0.717) is 22.5 Å². The summed E-state index contributed by atoms with van der Waals surface area (Å²) in [4.78, 5) is 20.0. The number of amides is 1. The summed E-state index contributed by atoms with van der Waals surface area (Å²) < 4.78 is 87.8. The van der Waals surface area contributed by atoms with E-state index in [1.54, 1.807) is 43.9 Å². The van der Waals surface area contributed by atoms with Crippen molar-refractivity contribution in [1.82, 2.24) is 20.1 Å². The van der Waals surface area contributed by atoms with Crippen LogP contribution in [0.5, 0.6) is 5.88 Å². The van der Waals surface area contributed by atoms with Crippen molar-refractivity contribution in [3.8, 4) is 5.88 Å². The van der Waals surface area contributed by atoms with Crippen molar-refractivity contribution in [1.29, 1.82) is 0 Å². The first-order chi connectivity index (χ1) is 21.4. The van der Waals surface area contributed by atoms with Crippen molar-refractivity contribution in [2.24, 2.45) is 0 Å². The highest BCUT2D eigenvalue weighted by atomic mass is 32.1. The number of aliphatic hydroxyl groups is 1. The quantitative estimate of drug-likeness (QED) is 0.159. The largest absolute Gasteiger partial charge is 0.492 e. The van der Waals surface area contributed by atoms with E-state index in [9.17, 15) is 41.4 Å². The Balaban J connectivity index is 1.59. The summed E-state index contributed by atoms with van der Waals surface area (Å²) in [6.07, 6.45) is -8.14. The molecule has 1 fully saturated rings. The molecule has 2 aromatic carbocycles. The number of H-pyrrole nitrogens is 1. The van der Waals surface area contributed by atoms with Gasteiger partial charge in [0.1, 0.15) is 10.5 Å². The van der Waals surface area contributed by atoms with Gasteiger partial charge in [0.05, 0.1) is 35.5 Å². The lowest BCUT2D eigenvalue weighted by atomic mass is 9.96. The number of halogens is 6. The van der Waals surface area contributed by atoms with Gasteiger partial charge in [-0.05, 0) is 62.2 Å². The number of nitrogens with zero attached hydrogens (tertiary/aromatic N) is 4. The van der Waals surface area contributed by atoms with Crippen LogP contribution in [0.15, 0.2) is 42.6 Å². The van der Waals surface area contributed by atoms with Crippen LogP contribution in [0.1, 0.15) is 47.9 Å². The fourth-order valence-electron chi connectivity index (χ4n) is 5.00. The number of fused-ring (bicyclic) bond motifs is 1. The molecule has 1 atom stereocenters. The molecule has 1 aliphatic heterocycles. The molecule has 0 bridgehead atoms. The summed E-state index contributed by atoms with van der Waals surface area (Å²) in [5.41, 5.74) is -3.25. The number of thiazole rings is 1. The Morgan fingerprint density at radius 2 is 1.83 bits per heavy atom. The number of piperazine rings is 1. The molecular weight excluding hydrogens is 640 g/mol. The van der Waals surface area contributed by atoms with Crippen molar-refractivity contribution in [2.75, 3.05) is 31.1 Å². The number of anilines is 1. The van der Waals surface area contributed by atoms with Gasteiger partial charge < -0.3 is 24.7 Å². The normalized spacial score (nSPS) is 16.7. The van der Waals surface area contributed by atoms with E-state index in [0.717, 1.165) is 23.5 Å². The molecule has 0 saturated carbocycles. The topological polar surface area (TPSA) is 115 Å². The van der Waals surface area contributed by atoms with Gasteiger partial charge >= 0.3 is 18.4 Å². The zero-order chi connectivity index (χ0) is 33.6. The van der Waals surface area contributed by atoms with Gasteiger partial charge in [-0.1, -0.05) is 23.5 Å². The van der Waals surface area contributed by atoms with E-state index in [1.807, 2.05) is 0 Å². The third-order valence-electron chi connectivity index (χ3n) is 7.17. The maximum Gasteiger partial charge on any atom is 0.417 e. The highest BCUT2D eigenvalue weighted by molar-refractivity contribution is 7.17. The molecule has 1 unspecified atom stereocenters. The molecule has 246 valence electrons. The third kappa shape index (κ3) is 7.07. The molecule has 3 heterocycles. The Hall–Kier alpha value is -4.31. The number of carbonyl (C=O) groups is 1. The second-order valence-electron chi connectivity index (χ2n) is 11.6. The van der Waals surface area contributed by atoms with Crippen LogP contribution in [0.3, 0.4) is 0 Å². The number of aliphatic hydroxyl groups excluding tert-OH is 1. The predicted molar refractivity (Wildman–Crippen MR) is 159 cm³/mol. The van der Waals surface area contributed by atoms with Gasteiger partial charge in [0.15, 0.2) is 5.13 Å². The summed E-state index contributed by atoms with van der Waals surface area (Å²) in [7, 11) is 0. The van der Waals surface area contributed by atoms with Gasteiger partial charge in [-0.25, -0.2) is 4.79 Å². The molecular formula is C30H29F6N5O4S. The van der Waals surface area contributed by atoms with Crippen LogP contribution < -0.4 is 4.90 Å². The predicted octanol–water partition coefficient (Wildman–Crippen LogP) is 6.77. The number of aromatic nitrogens is 3. The number of hydrogen-bond donors (Lipinski definition) is 3. The SMILES string of the molecule is CC(C)(C)OC(=O)N1CCN(c2nc(O)c(C(=Cc3ccc(C(F)(F)F)cc3C(F)(F)F)c3ccc4[nH]ncc4c3)s2)C(CO)C1. The van der Waals surface area contributed by atoms with Crippen LogP contribution in [-0.2, 0) is 17.1 Å². The molecule has 5 rings (SSSR count). The first kappa shape index (κ1) is 33.1. The number of hydrogen-bond acceptors (Lipinski definition) is 8. The van der Waals surface area contributed by atoms with Crippen molar-refractivity contribution in [2.45, 2.75) is 44.8 Å². The number of benzene rings is 2. The fourth-order valence-corrected chi connectivity index (χ4v) is 6.10. The van der Waals surface area contributed by atoms with Crippen molar-refractivity contribution >= 4 is 45.1 Å². The Morgan fingerprint density at radius 1 is 1.09 bits per heavy atom. The summed E-state index contributed by atoms with van der Waals surface area (Å²) in [5.74, 6) is -0.537. The minimum absolute atomic E-state index is 0.0390. The first-order valence-electron chi connectivity index (χ1n) is 13.9. The van der Waals surface area contributed by atoms with Crippen LogP contribution in [0, 0.1) is 0 Å². The van der Waals surface area contributed by atoms with E-state index in [1.165, 1.54) is 11.1 Å². The van der Waals surface area contributed by atoms with E-state index in [4.69, 9.17) is 4.74 Å². The van der Waals surface area contributed by atoms with E-state index < -0.39 is 59.3 Å². The summed E-state index contributed by atoms with van der Waals surface area (Å²) in [5, 5.41) is 28.7. The minimum atomic E-state index is -5.13. The van der Waals surface area contributed by atoms with Crippen LogP contribution in [0.2, 0.25) is 0 Å². The van der Waals surface area contributed by atoms with Gasteiger partial charge in [0.2, 0.25) is 5.88 Å². The molecule has 46 heavy (non-hydrogen) atoms. The molecule has 0 radical (unpaired) electrons. The number of aromatic amines is 1. The molecule has 1 amide bonds. The van der Waals surface area contributed by atoms with Gasteiger partial charge in [-0.15, -0.1) is 0 Å². The van der Waals surface area contributed by atoms with Crippen molar-refractivity contribution in [3.05, 3.63) is 69.7 Å². The molecule has 0 spiro atoms. The van der Waals surface area contributed by atoms with Gasteiger partial charge in [-0.2, -0.15) is 36.4 Å². The Bertz CT molecular complexity index is 1780. The summed E-state index contributed by atoms with van der Waals surface area (Å²) >= 11 is 0.921. The standard InChI is InChI=1S/C30H29F6N5O4S/c1-28(2,3)45-27(44)40-8-9-41(20(14-40)15-42)26-38-25(43)24(46-26)21(16-5-7-23-18(10-16)13-37-39-23)11-17-4-6-19(29(31,32)33)12-22(17)30(34,35)36/h4-7,10-13,20,42-43H,8-9,14-15H2,1-3H3,(H,37,39). The fraction of sp³-hybridized carbons (Fsp3) is 0.367. The molecule has 16 heteroatoms. The van der Waals surface area contributed by atoms with Gasteiger partial charge in [-0.3, -0.25) is 5.10 Å². The Morgan fingerprint density at radius 3 is 2.48 bits per heavy atom. The lowest BCUT2D eigenvalue weighted by Gasteiger charge is -2.40. The maximum atomic E-state index is 14.1. The molecule has 4 aromatic rings. The monoisotopic (exact) mass is 669 g/mol. The average Bonchev–Trinajstić information content (AvgIpc) is 3.59. The number of ether oxygens (including phenoxy) is 1. The van der Waals surface area contributed by atoms with Crippen molar-refractivity contribution < 1.29 is 46.1 Å². The average molecular weight is 670 g/mol. The van der Waals surface area contributed by atoms with Crippen LogP contribution >= 0.6 is 11.3 Å². The Kier molecular flexibility index (Phi) is 8.72. The maximum absolute atomic E-state index is 14.1. The lowest BCUT2D eigenvalue weighted by Crippen LogP contribution is -2.57. The molecule has 2 aromatic heterocycles. The highest BCUT2D eigenvalue weighted by Gasteiger charge is 2.38. The smallest absolute Gasteiger partial charge is 0.417 e. The highest BCUT2D eigenvalue weighted by Crippen LogP contribution is 2.43. The molecule has 0 aliphatic carbocycles. The zero-order valence-corrected chi connectivity index (χ0v) is 25.5. The number of aromatic hydroxyl groups is 1. The summed E-state index contributed by atoms with van der Waals surface area (Å²) in [6, 6.07) is 5.50. The molecule has 1 aliphatic rings. The lowest BCUT2D eigenvalue weighted by molar-refractivity contribution is -0.143. The number of carbonyl (C=O) groups excluding carboxylic acids is 1. The Labute approximate surface area is 262 Å². The van der Waals surface area contributed by atoms with Crippen LogP contribution in [0.4, 0.5) is 36.3 Å². The minimum Gasteiger partial charge on any atom is -0.492 e. The van der Waals surface area contributed by atoms with E-state index in [-0.39, 0.29) is 41.3 Å². The number of rotatable bonds is 5. The second-order valence-corrected chi connectivity index (χ2v) is 12.6. The van der Waals surface area contributed by atoms with Gasteiger partial charge in [0.25, 0.3) is 0 Å². The molecule has 9 nitrogen and oxygen atoms in total.